The highest BCUT2D eigenvalue weighted by molar-refractivity contribution is 6.34. The Morgan fingerprint density at radius 3 is 2.55 bits per heavy atom. The maximum Gasteiger partial charge on any atom is 0.331 e. The number of rotatable bonds is 7. The van der Waals surface area contributed by atoms with E-state index in [9.17, 15) is 9.59 Å². The first-order chi connectivity index (χ1) is 13.9. The third-order valence-electron chi connectivity index (χ3n) is 3.65. The first kappa shape index (κ1) is 24.3. The molecule has 0 aliphatic rings. The van der Waals surface area contributed by atoms with Gasteiger partial charge in [0.25, 0.3) is 0 Å². The van der Waals surface area contributed by atoms with E-state index in [-0.39, 0.29) is 24.3 Å². The average molecular weight is 420 g/mol. The molecule has 2 rings (SSSR count). The van der Waals surface area contributed by atoms with Gasteiger partial charge >= 0.3 is 5.97 Å². The van der Waals surface area contributed by atoms with E-state index < -0.39 is 5.97 Å². The van der Waals surface area contributed by atoms with Crippen LogP contribution in [0.15, 0.2) is 36.9 Å². The van der Waals surface area contributed by atoms with Crippen molar-refractivity contribution < 1.29 is 19.1 Å². The molecule has 2 heterocycles. The smallest absolute Gasteiger partial charge is 0.331 e. The Kier molecular flexibility index (Phi) is 9.99. The molecule has 0 aliphatic carbocycles. The summed E-state index contributed by atoms with van der Waals surface area (Å²) in [6.45, 7) is 10.8. The van der Waals surface area contributed by atoms with Crippen LogP contribution in [0.25, 0.3) is 16.6 Å². The third-order valence-corrected chi connectivity index (χ3v) is 3.94. The molecule has 0 saturated carbocycles. The van der Waals surface area contributed by atoms with E-state index in [1.54, 1.807) is 18.2 Å². The molecule has 0 aliphatic heterocycles. The number of aromatic nitrogens is 3. The number of nitrogens with zero attached hydrogens (tertiary/aromatic N) is 3. The molecule has 0 bridgehead atoms. The summed E-state index contributed by atoms with van der Waals surface area (Å²) in [5.74, 6) is -0.423. The van der Waals surface area contributed by atoms with E-state index in [2.05, 4.69) is 21.3 Å². The number of carbonyl (C=O) groups excluding carboxylic acids is 2. The van der Waals surface area contributed by atoms with Gasteiger partial charge in [0, 0.05) is 12.5 Å². The van der Waals surface area contributed by atoms with Gasteiger partial charge in [-0.3, -0.25) is 9.36 Å². The monoisotopic (exact) mass is 419 g/mol. The molecule has 0 atom stereocenters. The third kappa shape index (κ3) is 6.10. The second kappa shape index (κ2) is 11.9. The van der Waals surface area contributed by atoms with Gasteiger partial charge in [-0.1, -0.05) is 56.3 Å². The van der Waals surface area contributed by atoms with Crippen molar-refractivity contribution in [1.82, 2.24) is 14.5 Å². The van der Waals surface area contributed by atoms with Gasteiger partial charge in [-0.05, 0) is 13.0 Å². The molecule has 29 heavy (non-hydrogen) atoms. The standard InChI is InChI=1S/C19H20ClN3O4.C2H6/c1-5-7-8-13(6-2)18-21-17(20)15-9-14(10-27-11-16(25)26-4)23(12(3)24)19(15)22-18;1-2/h5-9H,2,10-11H2,1,3-4H3;1-2H3/b7-5-,13-8+;. The first-order valence-corrected chi connectivity index (χ1v) is 9.49. The van der Waals surface area contributed by atoms with Crippen molar-refractivity contribution in [2.75, 3.05) is 13.7 Å². The Labute approximate surface area is 175 Å². The molecule has 8 heteroatoms. The fraction of sp³-hybridized carbons (Fsp3) is 0.333. The van der Waals surface area contributed by atoms with Gasteiger partial charge in [0.05, 0.1) is 24.8 Å². The summed E-state index contributed by atoms with van der Waals surface area (Å²) in [5.41, 5.74) is 1.53. The van der Waals surface area contributed by atoms with Crippen molar-refractivity contribution in [2.45, 2.75) is 34.3 Å². The summed E-state index contributed by atoms with van der Waals surface area (Å²) in [4.78, 5) is 32.2. The first-order valence-electron chi connectivity index (χ1n) is 9.12. The van der Waals surface area contributed by atoms with Gasteiger partial charge < -0.3 is 9.47 Å². The van der Waals surface area contributed by atoms with Crippen molar-refractivity contribution in [3.63, 3.8) is 0 Å². The lowest BCUT2D eigenvalue weighted by atomic mass is 10.2. The second-order valence-electron chi connectivity index (χ2n) is 5.49. The summed E-state index contributed by atoms with van der Waals surface area (Å²) in [5, 5.41) is 0.721. The predicted octanol–water partition coefficient (Wildman–Crippen LogP) is 4.61. The number of halogens is 1. The summed E-state index contributed by atoms with van der Waals surface area (Å²) < 4.78 is 11.2. The SMILES string of the molecule is C=C/C(=C\C=C/C)c1nc(Cl)c2cc(COCC(=O)OC)n(C(C)=O)c2n1.CC. The molecule has 0 amide bonds. The summed E-state index contributed by atoms with van der Waals surface area (Å²) in [6, 6.07) is 1.67. The highest BCUT2D eigenvalue weighted by atomic mass is 35.5. The van der Waals surface area contributed by atoms with Crippen LogP contribution in [0.2, 0.25) is 5.15 Å². The quantitative estimate of drug-likeness (QED) is 0.370. The second-order valence-corrected chi connectivity index (χ2v) is 5.84. The van der Waals surface area contributed by atoms with Crippen LogP contribution in [0.3, 0.4) is 0 Å². The molecule has 0 N–H and O–H groups in total. The molecule has 0 radical (unpaired) electrons. The zero-order valence-corrected chi connectivity index (χ0v) is 18.1. The van der Waals surface area contributed by atoms with Crippen LogP contribution in [-0.2, 0) is 20.9 Å². The molecule has 2 aromatic rings. The number of fused-ring (bicyclic) bond motifs is 1. The number of hydrogen-bond donors (Lipinski definition) is 0. The highest BCUT2D eigenvalue weighted by Crippen LogP contribution is 2.27. The van der Waals surface area contributed by atoms with Crippen molar-refractivity contribution in [3.8, 4) is 0 Å². The molecule has 0 spiro atoms. The largest absolute Gasteiger partial charge is 0.467 e. The zero-order chi connectivity index (χ0) is 22.0. The van der Waals surface area contributed by atoms with E-state index in [4.69, 9.17) is 16.3 Å². The Morgan fingerprint density at radius 1 is 1.31 bits per heavy atom. The fourth-order valence-electron chi connectivity index (χ4n) is 2.41. The predicted molar refractivity (Wildman–Crippen MR) is 115 cm³/mol. The lowest BCUT2D eigenvalue weighted by Crippen LogP contribution is -2.14. The Hall–Kier alpha value is -2.77. The Bertz CT molecular complexity index is 945. The highest BCUT2D eigenvalue weighted by Gasteiger charge is 2.19. The molecule has 156 valence electrons. The van der Waals surface area contributed by atoms with E-state index >= 15 is 0 Å². The molecule has 2 aromatic heterocycles. The number of ether oxygens (including phenoxy) is 2. The average Bonchev–Trinajstić information content (AvgIpc) is 3.09. The maximum absolute atomic E-state index is 12.2. The van der Waals surface area contributed by atoms with Gasteiger partial charge in [0.15, 0.2) is 11.5 Å². The number of esters is 1. The number of hydrogen-bond acceptors (Lipinski definition) is 6. The summed E-state index contributed by atoms with van der Waals surface area (Å²) in [6.07, 6.45) is 7.10. The van der Waals surface area contributed by atoms with Gasteiger partial charge in [-0.25, -0.2) is 14.8 Å². The zero-order valence-electron chi connectivity index (χ0n) is 17.4. The Morgan fingerprint density at radius 2 is 2.00 bits per heavy atom. The summed E-state index contributed by atoms with van der Waals surface area (Å²) in [7, 11) is 1.27. The van der Waals surface area contributed by atoms with Gasteiger partial charge in [0.1, 0.15) is 11.8 Å². The van der Waals surface area contributed by atoms with E-state index in [0.717, 1.165) is 0 Å². The van der Waals surface area contributed by atoms with Crippen molar-refractivity contribution in [2.24, 2.45) is 0 Å². The minimum absolute atomic E-state index is 0.0133. The topological polar surface area (TPSA) is 83.3 Å². The minimum atomic E-state index is -0.509. The van der Waals surface area contributed by atoms with Gasteiger partial charge in [0.2, 0.25) is 5.91 Å². The van der Waals surface area contributed by atoms with Crippen LogP contribution in [0.5, 0.6) is 0 Å². The van der Waals surface area contributed by atoms with E-state index in [1.807, 2.05) is 32.9 Å². The molecule has 0 unspecified atom stereocenters. The van der Waals surface area contributed by atoms with Crippen LogP contribution in [0.1, 0.15) is 44.0 Å². The number of allylic oxidation sites excluding steroid dienone is 5. The lowest BCUT2D eigenvalue weighted by Gasteiger charge is -2.07. The Balaban J connectivity index is 0.00000204. The van der Waals surface area contributed by atoms with Gasteiger partial charge in [-0.2, -0.15) is 0 Å². The fourth-order valence-corrected chi connectivity index (χ4v) is 2.63. The lowest BCUT2D eigenvalue weighted by molar-refractivity contribution is -0.146. The molecule has 0 saturated heterocycles. The maximum atomic E-state index is 12.2. The van der Waals surface area contributed by atoms with Crippen LogP contribution in [-0.4, -0.2) is 40.1 Å². The van der Waals surface area contributed by atoms with Gasteiger partial charge in [-0.15, -0.1) is 0 Å². The van der Waals surface area contributed by atoms with Crippen LogP contribution < -0.4 is 0 Å². The molecule has 0 fully saturated rings. The van der Waals surface area contributed by atoms with Crippen molar-refractivity contribution in [1.29, 1.82) is 0 Å². The normalized spacial score (nSPS) is 11.3. The summed E-state index contributed by atoms with van der Waals surface area (Å²) >= 11 is 6.32. The molecular weight excluding hydrogens is 394 g/mol. The number of carbonyl (C=O) groups is 2. The molecular formula is C21H26ClN3O4. The van der Waals surface area contributed by atoms with E-state index in [1.165, 1.54) is 18.6 Å². The van der Waals surface area contributed by atoms with Crippen molar-refractivity contribution in [3.05, 3.63) is 53.6 Å². The van der Waals surface area contributed by atoms with Crippen LogP contribution >= 0.6 is 11.6 Å². The molecule has 0 aromatic carbocycles. The molecule has 7 nitrogen and oxygen atoms in total. The van der Waals surface area contributed by atoms with Crippen LogP contribution in [0, 0.1) is 0 Å². The van der Waals surface area contributed by atoms with E-state index in [0.29, 0.717) is 28.1 Å². The number of methoxy groups -OCH3 is 1. The van der Waals surface area contributed by atoms with Crippen LogP contribution in [0.4, 0.5) is 0 Å². The van der Waals surface area contributed by atoms with Crippen molar-refractivity contribution >= 4 is 40.1 Å². The minimum Gasteiger partial charge on any atom is -0.467 e.